The first-order valence-corrected chi connectivity index (χ1v) is 24.1. The van der Waals surface area contributed by atoms with Crippen LogP contribution in [0.2, 0.25) is 0 Å². The number of aryl methyl sites for hydroxylation is 2. The number of ether oxygens (including phenoxy) is 5. The van der Waals surface area contributed by atoms with Crippen molar-refractivity contribution in [3.63, 3.8) is 0 Å². The molecule has 12 nitrogen and oxygen atoms in total. The Labute approximate surface area is 401 Å². The van der Waals surface area contributed by atoms with E-state index in [1.807, 2.05) is 48.5 Å². The maximum absolute atomic E-state index is 13.1. The van der Waals surface area contributed by atoms with E-state index in [1.54, 1.807) is 85.2 Å². The fourth-order valence-electron chi connectivity index (χ4n) is 5.88. The molecule has 0 unspecified atom stereocenters. The molecule has 0 heterocycles. The fraction of sp³-hybridized carbons (Fsp3) is 0.396. The molecule has 0 radical (unpaired) electrons. The van der Waals surface area contributed by atoms with Gasteiger partial charge in [-0.2, -0.15) is 0 Å². The largest absolute Gasteiger partial charge is 0.497 e. The molecule has 346 valence electrons. The van der Waals surface area contributed by atoms with Gasteiger partial charge in [-0.15, -0.1) is 23.5 Å². The molecule has 2 atom stereocenters. The minimum Gasteiger partial charge on any atom is -0.497 e. The number of rotatable bonds is 22. The molecule has 0 aromatic heterocycles. The quantitative estimate of drug-likeness (QED) is 0.0435. The summed E-state index contributed by atoms with van der Waals surface area (Å²) in [4.78, 5) is 62.3. The second-order valence-electron chi connectivity index (χ2n) is 15.1. The van der Waals surface area contributed by atoms with E-state index < -0.39 is 40.0 Å². The van der Waals surface area contributed by atoms with Crippen LogP contribution < -0.4 is 14.8 Å². The lowest BCUT2D eigenvalue weighted by Gasteiger charge is -2.21. The zero-order valence-electron chi connectivity index (χ0n) is 37.2. The van der Waals surface area contributed by atoms with Gasteiger partial charge in [0.15, 0.2) is 0 Å². The molecule has 0 saturated carbocycles. The van der Waals surface area contributed by atoms with Crippen LogP contribution in [0.25, 0.3) is 0 Å². The molecule has 1 amide bonds. The molecule has 0 aliphatic rings. The van der Waals surface area contributed by atoms with Crippen LogP contribution in [-0.4, -0.2) is 85.0 Å². The minimum atomic E-state index is -0.846. The number of esters is 3. The number of carboxylic acids is 1. The number of benzene rings is 4. The number of methoxy groups -OCH3 is 2. The zero-order chi connectivity index (χ0) is 47.2. The molecule has 64 heavy (non-hydrogen) atoms. The van der Waals surface area contributed by atoms with Gasteiger partial charge in [0, 0.05) is 18.7 Å². The third-order valence-electron chi connectivity index (χ3n) is 9.00. The van der Waals surface area contributed by atoms with E-state index in [1.165, 1.54) is 23.5 Å². The number of hydrogen-bond donors (Lipinski definition) is 2. The summed E-state index contributed by atoms with van der Waals surface area (Å²) in [7, 11) is 3.26. The predicted octanol–water partition coefficient (Wildman–Crippen LogP) is 10.8. The summed E-state index contributed by atoms with van der Waals surface area (Å²) in [6.07, 6.45) is 4.25. The Hall–Kier alpha value is -4.51. The Kier molecular flexibility index (Phi) is 23.3. The molecular formula is C48H57Br2NO11S2. The molecule has 2 N–H and O–H groups in total. The van der Waals surface area contributed by atoms with Crippen molar-refractivity contribution in [1.82, 2.24) is 5.32 Å². The lowest BCUT2D eigenvalue weighted by atomic mass is 10.1. The van der Waals surface area contributed by atoms with E-state index in [9.17, 15) is 29.1 Å². The summed E-state index contributed by atoms with van der Waals surface area (Å²) < 4.78 is 27.1. The van der Waals surface area contributed by atoms with Crippen molar-refractivity contribution in [2.24, 2.45) is 0 Å². The van der Waals surface area contributed by atoms with Gasteiger partial charge >= 0.3 is 23.9 Å². The van der Waals surface area contributed by atoms with E-state index in [0.717, 1.165) is 58.1 Å². The van der Waals surface area contributed by atoms with Gasteiger partial charge in [-0.1, -0.05) is 24.3 Å². The van der Waals surface area contributed by atoms with E-state index in [0.29, 0.717) is 46.1 Å². The Balaban J connectivity index is 0.000000351. The second kappa shape index (κ2) is 27.7. The molecule has 4 rings (SSSR count). The second-order valence-corrected chi connectivity index (χ2v) is 19.3. The Bertz CT molecular complexity index is 2150. The van der Waals surface area contributed by atoms with Crippen molar-refractivity contribution >= 4 is 85.2 Å². The van der Waals surface area contributed by atoms with Gasteiger partial charge in [-0.3, -0.25) is 14.4 Å². The first kappa shape index (κ1) is 53.8. The van der Waals surface area contributed by atoms with Crippen LogP contribution in [0.4, 0.5) is 0 Å². The number of carboxylic acid groups (broad SMARTS) is 1. The van der Waals surface area contributed by atoms with Gasteiger partial charge in [0.25, 0.3) is 0 Å². The highest BCUT2D eigenvalue weighted by Crippen LogP contribution is 2.35. The van der Waals surface area contributed by atoms with Crippen LogP contribution in [0.5, 0.6) is 11.5 Å². The van der Waals surface area contributed by atoms with E-state index in [4.69, 9.17) is 23.7 Å². The average molecular weight is 1050 g/mol. The summed E-state index contributed by atoms with van der Waals surface area (Å²) in [5.41, 5.74) is 2.53. The normalized spacial score (nSPS) is 11.8. The smallest absolute Gasteiger partial charge is 0.338 e. The Morgan fingerprint density at radius 1 is 0.656 bits per heavy atom. The number of amides is 1. The van der Waals surface area contributed by atoms with E-state index in [-0.39, 0.29) is 12.5 Å². The van der Waals surface area contributed by atoms with Crippen LogP contribution in [0.1, 0.15) is 92.1 Å². The maximum Gasteiger partial charge on any atom is 0.338 e. The average Bonchev–Trinajstić information content (AvgIpc) is 3.26. The summed E-state index contributed by atoms with van der Waals surface area (Å²) in [6, 6.07) is 25.9. The van der Waals surface area contributed by atoms with Gasteiger partial charge in [0.1, 0.15) is 28.9 Å². The number of aliphatic carboxylic acids is 1. The van der Waals surface area contributed by atoms with Crippen LogP contribution in [0.3, 0.4) is 0 Å². The number of carbonyl (C=O) groups is 5. The van der Waals surface area contributed by atoms with Crippen molar-refractivity contribution in [2.75, 3.05) is 34.0 Å². The number of thioether (sulfide) groups is 2. The monoisotopic (exact) mass is 1050 g/mol. The van der Waals surface area contributed by atoms with Crippen LogP contribution in [0, 0.1) is 0 Å². The number of halogens is 2. The third kappa shape index (κ3) is 19.3. The van der Waals surface area contributed by atoms with Gasteiger partial charge in [-0.25, -0.2) is 9.59 Å². The van der Waals surface area contributed by atoms with Crippen molar-refractivity contribution in [3.8, 4) is 11.5 Å². The van der Waals surface area contributed by atoms with E-state index >= 15 is 0 Å². The van der Waals surface area contributed by atoms with Crippen LogP contribution >= 0.6 is 55.4 Å². The third-order valence-corrected chi connectivity index (χ3v) is 13.5. The highest BCUT2D eigenvalue weighted by Gasteiger charge is 2.24. The van der Waals surface area contributed by atoms with Gasteiger partial charge in [-0.05, 0) is 177 Å². The number of hydrogen-bond acceptors (Lipinski definition) is 12. The molecule has 0 saturated heterocycles. The first-order valence-electron chi connectivity index (χ1n) is 20.7. The lowest BCUT2D eigenvalue weighted by molar-refractivity contribution is -0.154. The molecule has 0 spiro atoms. The van der Waals surface area contributed by atoms with Crippen LogP contribution in [-0.2, 0) is 41.4 Å². The topological polar surface area (TPSA) is 164 Å². The molecule has 0 bridgehead atoms. The number of carbonyl (C=O) groups excluding carboxylic acids is 4. The van der Waals surface area contributed by atoms with Gasteiger partial charge in [0.2, 0.25) is 5.91 Å². The Morgan fingerprint density at radius 2 is 1.08 bits per heavy atom. The minimum absolute atomic E-state index is 0.200. The fourth-order valence-corrected chi connectivity index (χ4v) is 9.30. The summed E-state index contributed by atoms with van der Waals surface area (Å²) in [5.74, 6) is -0.778. The summed E-state index contributed by atoms with van der Waals surface area (Å²) >= 11 is 9.60. The SMILES string of the molecule is CCOC(=O)c1ccc(S[C@@H](CCCc2ccc(OC)cc2)C(=O)NCC(=O)OC(C)(C)C)c(Br)c1.CCOC(=O)c1ccc(S[C@@H](CCCc2ccc(OC)cc2)C(=O)O)c(Br)c1. The first-order chi connectivity index (χ1) is 30.5. The molecule has 16 heteroatoms. The van der Waals surface area contributed by atoms with Gasteiger partial charge in [0.05, 0.1) is 43.8 Å². The summed E-state index contributed by atoms with van der Waals surface area (Å²) in [6.45, 7) is 9.24. The standard InChI is InChI=1S/C27H34BrNO6S.C21H23BrO5S/c1-6-34-26(32)19-12-15-22(21(28)16-19)36-23(25(31)29-17-24(30)35-27(2,3)4)9-7-8-18-10-13-20(33-5)14-11-18;1-3-27-21(25)15-9-12-18(17(22)13-15)28-19(20(23)24)6-4-5-14-7-10-16(26-2)11-8-14/h10-16,23H,6-9,17H2,1-5H3,(H,29,31);7-13,19H,3-6H2,1-2H3,(H,23,24)/t23-;19-/m00/s1. The number of nitrogens with one attached hydrogen (secondary N) is 1. The van der Waals surface area contributed by atoms with Crippen molar-refractivity contribution in [3.05, 3.63) is 116 Å². The molecule has 4 aromatic carbocycles. The highest BCUT2D eigenvalue weighted by atomic mass is 79.9. The predicted molar refractivity (Wildman–Crippen MR) is 258 cm³/mol. The zero-order valence-corrected chi connectivity index (χ0v) is 42.0. The van der Waals surface area contributed by atoms with Gasteiger partial charge < -0.3 is 34.1 Å². The lowest BCUT2D eigenvalue weighted by Crippen LogP contribution is -2.38. The van der Waals surface area contributed by atoms with Crippen molar-refractivity contribution in [1.29, 1.82) is 0 Å². The van der Waals surface area contributed by atoms with Crippen molar-refractivity contribution < 1.29 is 52.8 Å². The van der Waals surface area contributed by atoms with Crippen LogP contribution in [0.15, 0.2) is 104 Å². The molecule has 0 aliphatic carbocycles. The maximum atomic E-state index is 13.1. The van der Waals surface area contributed by atoms with Crippen molar-refractivity contribution in [2.45, 2.75) is 99.0 Å². The van der Waals surface area contributed by atoms with E-state index in [2.05, 4.69) is 37.2 Å². The Morgan fingerprint density at radius 3 is 1.45 bits per heavy atom. The molecule has 0 fully saturated rings. The molecule has 4 aromatic rings. The summed E-state index contributed by atoms with van der Waals surface area (Å²) in [5, 5.41) is 11.3. The molecule has 0 aliphatic heterocycles. The highest BCUT2D eigenvalue weighted by molar-refractivity contribution is 9.10. The molecular weight excluding hydrogens is 990 g/mol.